The Kier molecular flexibility index (Phi) is 5.58. The molecule has 0 fully saturated rings. The van der Waals surface area contributed by atoms with Gasteiger partial charge in [-0.2, -0.15) is 0 Å². The Bertz CT molecular complexity index is 1920. The third-order valence-electron chi connectivity index (χ3n) is 7.01. The number of methoxy groups -OCH3 is 2. The van der Waals surface area contributed by atoms with Crippen LogP contribution in [0.2, 0.25) is 10.0 Å². The summed E-state index contributed by atoms with van der Waals surface area (Å²) in [4.78, 5) is 9.59. The van der Waals surface area contributed by atoms with Crippen molar-refractivity contribution in [2.24, 2.45) is 0 Å². The zero-order valence-electron chi connectivity index (χ0n) is 20.9. The Balaban J connectivity index is 1.53. The third-order valence-corrected chi connectivity index (χ3v) is 7.56. The van der Waals surface area contributed by atoms with Crippen LogP contribution in [0, 0.1) is 0 Å². The zero-order valence-corrected chi connectivity index (χ0v) is 22.4. The number of nitrogens with zero attached hydrogens (tertiary/aromatic N) is 4. The first-order valence-corrected chi connectivity index (χ1v) is 12.9. The van der Waals surface area contributed by atoms with Crippen LogP contribution in [-0.4, -0.2) is 33.8 Å². The molecule has 192 valence electrons. The first-order chi connectivity index (χ1) is 19.1. The van der Waals surface area contributed by atoms with Gasteiger partial charge in [0.05, 0.1) is 24.8 Å². The first-order valence-electron chi connectivity index (χ1n) is 12.2. The summed E-state index contributed by atoms with van der Waals surface area (Å²) in [7, 11) is 3.25. The lowest BCUT2D eigenvalue weighted by atomic mass is 9.81. The molecule has 4 aromatic carbocycles. The number of ether oxygens (including phenoxy) is 3. The average Bonchev–Trinajstić information content (AvgIpc) is 3.39. The van der Waals surface area contributed by atoms with Gasteiger partial charge >= 0.3 is 0 Å². The highest BCUT2D eigenvalue weighted by molar-refractivity contribution is 6.36. The smallest absolute Gasteiger partial charge is 0.228 e. The van der Waals surface area contributed by atoms with Crippen LogP contribution >= 0.6 is 23.2 Å². The third kappa shape index (κ3) is 3.77. The number of hydrogen-bond acceptors (Lipinski definition) is 6. The van der Waals surface area contributed by atoms with Crippen LogP contribution in [0.4, 0.5) is 0 Å². The van der Waals surface area contributed by atoms with E-state index in [1.807, 2.05) is 42.5 Å². The molecule has 0 amide bonds. The number of rotatable bonds is 4. The average molecular weight is 555 g/mol. The minimum absolute atomic E-state index is 0.288. The first kappa shape index (κ1) is 23.8. The molecule has 2 aromatic heterocycles. The van der Waals surface area contributed by atoms with Crippen molar-refractivity contribution in [1.82, 2.24) is 19.6 Å². The highest BCUT2D eigenvalue weighted by atomic mass is 35.5. The molecular formula is C30H20Cl2N4O3. The van der Waals surface area contributed by atoms with E-state index >= 15 is 0 Å². The zero-order chi connectivity index (χ0) is 26.7. The van der Waals surface area contributed by atoms with Crippen LogP contribution in [0.1, 0.15) is 22.6 Å². The molecule has 0 N–H and O–H groups in total. The van der Waals surface area contributed by atoms with Crippen molar-refractivity contribution < 1.29 is 14.2 Å². The van der Waals surface area contributed by atoms with Gasteiger partial charge in [-0.3, -0.25) is 0 Å². The van der Waals surface area contributed by atoms with E-state index < -0.39 is 0 Å². The van der Waals surface area contributed by atoms with Crippen molar-refractivity contribution >= 4 is 39.6 Å². The van der Waals surface area contributed by atoms with Gasteiger partial charge < -0.3 is 14.2 Å². The summed E-state index contributed by atoms with van der Waals surface area (Å²) in [5.41, 5.74) is 4.05. The molecular weight excluding hydrogens is 535 g/mol. The molecule has 1 atom stereocenters. The van der Waals surface area contributed by atoms with Gasteiger partial charge in [0.2, 0.25) is 5.88 Å². The van der Waals surface area contributed by atoms with Crippen LogP contribution in [0.5, 0.6) is 23.1 Å². The van der Waals surface area contributed by atoms with Gasteiger partial charge in [-0.25, -0.2) is 14.5 Å². The van der Waals surface area contributed by atoms with Crippen LogP contribution in [0.15, 0.2) is 79.1 Å². The standard InChI is InChI=1S/C30H20Cl2N4O3/c1-37-22-11-8-17(13-24(22)38-2)25-26-19-6-4-3-5-16(19)7-12-23(26)39-30-27(25)29-34-28(35-36(29)15-33-30)20-10-9-18(31)14-21(20)32/h3-15,25H,1-2H3/t25-/m0/s1. The monoisotopic (exact) mass is 554 g/mol. The van der Waals surface area contributed by atoms with Gasteiger partial charge in [-0.1, -0.05) is 59.6 Å². The fraction of sp³-hybridized carbons (Fsp3) is 0.100. The fourth-order valence-electron chi connectivity index (χ4n) is 5.26. The Morgan fingerprint density at radius 2 is 1.72 bits per heavy atom. The van der Waals surface area contributed by atoms with Gasteiger partial charge in [-0.15, -0.1) is 5.10 Å². The maximum Gasteiger partial charge on any atom is 0.228 e. The van der Waals surface area contributed by atoms with Gasteiger partial charge in [0.1, 0.15) is 12.1 Å². The van der Waals surface area contributed by atoms with Crippen molar-refractivity contribution in [3.8, 4) is 34.5 Å². The Morgan fingerprint density at radius 3 is 2.54 bits per heavy atom. The highest BCUT2D eigenvalue weighted by Gasteiger charge is 2.35. The number of aromatic nitrogens is 4. The van der Waals surface area contributed by atoms with Crippen LogP contribution in [-0.2, 0) is 0 Å². The quantitative estimate of drug-likeness (QED) is 0.223. The van der Waals surface area contributed by atoms with E-state index in [4.69, 9.17) is 47.5 Å². The molecule has 0 spiro atoms. The lowest BCUT2D eigenvalue weighted by molar-refractivity contribution is 0.354. The van der Waals surface area contributed by atoms with Gasteiger partial charge in [0.15, 0.2) is 23.0 Å². The highest BCUT2D eigenvalue weighted by Crippen LogP contribution is 2.51. The van der Waals surface area contributed by atoms with Gasteiger partial charge in [0, 0.05) is 22.1 Å². The van der Waals surface area contributed by atoms with E-state index in [0.29, 0.717) is 44.5 Å². The van der Waals surface area contributed by atoms with Gasteiger partial charge in [0.25, 0.3) is 0 Å². The van der Waals surface area contributed by atoms with Gasteiger partial charge in [-0.05, 0) is 52.7 Å². The predicted octanol–water partition coefficient (Wildman–Crippen LogP) is 7.55. The summed E-state index contributed by atoms with van der Waals surface area (Å²) in [5, 5.41) is 7.88. The fourth-order valence-corrected chi connectivity index (χ4v) is 5.75. The second-order valence-electron chi connectivity index (χ2n) is 9.14. The normalized spacial score (nSPS) is 14.1. The van der Waals surface area contributed by atoms with E-state index in [1.165, 1.54) is 0 Å². The molecule has 39 heavy (non-hydrogen) atoms. The van der Waals surface area contributed by atoms with Crippen molar-refractivity contribution in [1.29, 1.82) is 0 Å². The van der Waals surface area contributed by atoms with E-state index in [2.05, 4.69) is 23.2 Å². The van der Waals surface area contributed by atoms with E-state index in [0.717, 1.165) is 33.2 Å². The summed E-state index contributed by atoms with van der Waals surface area (Å²) < 4.78 is 19.3. The summed E-state index contributed by atoms with van der Waals surface area (Å²) in [6.45, 7) is 0. The minimum Gasteiger partial charge on any atom is -0.493 e. The molecule has 1 aliphatic heterocycles. The summed E-state index contributed by atoms with van der Waals surface area (Å²) >= 11 is 12.6. The Hall–Kier alpha value is -4.33. The molecule has 0 saturated carbocycles. The number of hydrogen-bond donors (Lipinski definition) is 0. The number of halogens is 2. The molecule has 0 radical (unpaired) electrons. The Morgan fingerprint density at radius 1 is 0.872 bits per heavy atom. The van der Waals surface area contributed by atoms with Crippen LogP contribution in [0.25, 0.3) is 27.8 Å². The second-order valence-corrected chi connectivity index (χ2v) is 9.98. The van der Waals surface area contributed by atoms with Crippen molar-refractivity contribution in [2.75, 3.05) is 14.2 Å². The van der Waals surface area contributed by atoms with Crippen molar-refractivity contribution in [3.63, 3.8) is 0 Å². The maximum absolute atomic E-state index is 6.51. The maximum atomic E-state index is 6.51. The molecule has 6 aromatic rings. The van der Waals surface area contributed by atoms with E-state index in [-0.39, 0.29) is 5.92 Å². The molecule has 0 saturated heterocycles. The number of fused-ring (bicyclic) bond motifs is 6. The summed E-state index contributed by atoms with van der Waals surface area (Å²) in [5.74, 6) is 2.64. The topological polar surface area (TPSA) is 70.8 Å². The lowest BCUT2D eigenvalue weighted by Crippen LogP contribution is -2.15. The molecule has 0 aliphatic carbocycles. The van der Waals surface area contributed by atoms with Crippen LogP contribution < -0.4 is 14.2 Å². The summed E-state index contributed by atoms with van der Waals surface area (Å²) in [6.07, 6.45) is 1.60. The molecule has 9 heteroatoms. The summed E-state index contributed by atoms with van der Waals surface area (Å²) in [6, 6.07) is 23.5. The van der Waals surface area contributed by atoms with Crippen molar-refractivity contribution in [3.05, 3.63) is 106 Å². The molecule has 7 rings (SSSR count). The molecule has 0 unspecified atom stereocenters. The number of benzene rings is 4. The molecule has 7 nitrogen and oxygen atoms in total. The lowest BCUT2D eigenvalue weighted by Gasteiger charge is -2.29. The van der Waals surface area contributed by atoms with E-state index in [1.54, 1.807) is 37.2 Å². The predicted molar refractivity (Wildman–Crippen MR) is 151 cm³/mol. The molecule has 0 bridgehead atoms. The van der Waals surface area contributed by atoms with E-state index in [9.17, 15) is 0 Å². The minimum atomic E-state index is -0.288. The van der Waals surface area contributed by atoms with Crippen molar-refractivity contribution in [2.45, 2.75) is 5.92 Å². The Labute approximate surface area is 233 Å². The second kappa shape index (κ2) is 9.15. The SMILES string of the molecule is COc1ccc([C@H]2c3c(ccc4ccccc34)Oc3ncn4nc(-c5ccc(Cl)cc5Cl)nc4c32)cc1OC. The molecule has 3 heterocycles. The van der Waals surface area contributed by atoms with Crippen LogP contribution in [0.3, 0.4) is 0 Å². The largest absolute Gasteiger partial charge is 0.493 e. The molecule has 1 aliphatic rings.